The molecule has 0 bridgehead atoms. The van der Waals surface area contributed by atoms with Gasteiger partial charge in [0.05, 0.1) is 16.7 Å². The van der Waals surface area contributed by atoms with Crippen molar-refractivity contribution in [3.8, 4) is 39.1 Å². The molecule has 2 nitrogen and oxygen atoms in total. The van der Waals surface area contributed by atoms with Crippen LogP contribution in [0.2, 0.25) is 0 Å². The van der Waals surface area contributed by atoms with E-state index in [-0.39, 0.29) is 0 Å². The van der Waals surface area contributed by atoms with Crippen LogP contribution in [0.4, 0.5) is 17.1 Å². The predicted molar refractivity (Wildman–Crippen MR) is 247 cm³/mol. The van der Waals surface area contributed by atoms with E-state index in [2.05, 4.69) is 240 Å². The second-order valence-electron chi connectivity index (χ2n) is 14.9. The summed E-state index contributed by atoms with van der Waals surface area (Å²) in [4.78, 5) is 2.37. The Morgan fingerprint density at radius 3 is 1.52 bits per heavy atom. The molecule has 58 heavy (non-hydrogen) atoms. The SMILES string of the molecule is c1ccc(-c2cc(N(c3ccccc3)c3ccc(-c4cc5ccccc5c5ccccc45)cc3)ccc2-c2ccccc2-n2c3ccccc3c3ccccc32)cc1. The summed E-state index contributed by atoms with van der Waals surface area (Å²) in [5.74, 6) is 0. The van der Waals surface area contributed by atoms with Gasteiger partial charge in [0, 0.05) is 33.4 Å². The smallest absolute Gasteiger partial charge is 0.0541 e. The number of anilines is 3. The first-order valence-electron chi connectivity index (χ1n) is 19.9. The minimum Gasteiger partial charge on any atom is -0.310 e. The van der Waals surface area contributed by atoms with Gasteiger partial charge in [-0.25, -0.2) is 0 Å². The lowest BCUT2D eigenvalue weighted by Crippen LogP contribution is -2.10. The van der Waals surface area contributed by atoms with Gasteiger partial charge in [0.2, 0.25) is 0 Å². The molecule has 0 atom stereocenters. The van der Waals surface area contributed by atoms with Crippen molar-refractivity contribution >= 4 is 60.4 Å². The van der Waals surface area contributed by atoms with E-state index < -0.39 is 0 Å². The number of nitrogens with zero attached hydrogens (tertiary/aromatic N) is 2. The Kier molecular flexibility index (Phi) is 8.19. The lowest BCUT2D eigenvalue weighted by molar-refractivity contribution is 1.18. The number of para-hydroxylation sites is 4. The third-order valence-corrected chi connectivity index (χ3v) is 11.6. The van der Waals surface area contributed by atoms with Crippen LogP contribution in [0.3, 0.4) is 0 Å². The molecule has 0 aliphatic heterocycles. The van der Waals surface area contributed by atoms with E-state index in [0.717, 1.165) is 22.7 Å². The number of benzene rings is 10. The largest absolute Gasteiger partial charge is 0.310 e. The lowest BCUT2D eigenvalue weighted by Gasteiger charge is -2.27. The molecule has 0 fully saturated rings. The van der Waals surface area contributed by atoms with Gasteiger partial charge in [-0.2, -0.15) is 0 Å². The molecule has 2 heteroatoms. The molecule has 0 N–H and O–H groups in total. The maximum absolute atomic E-state index is 2.43. The van der Waals surface area contributed by atoms with E-state index in [1.165, 1.54) is 76.7 Å². The topological polar surface area (TPSA) is 8.17 Å². The summed E-state index contributed by atoms with van der Waals surface area (Å²) in [5, 5.41) is 7.58. The molecule has 11 aromatic rings. The molecule has 10 aromatic carbocycles. The molecule has 0 aliphatic rings. The van der Waals surface area contributed by atoms with E-state index >= 15 is 0 Å². The molecular weight excluding hydrogens is 701 g/mol. The summed E-state index contributed by atoms with van der Waals surface area (Å²) in [6.07, 6.45) is 0. The van der Waals surface area contributed by atoms with Crippen LogP contribution in [0.5, 0.6) is 0 Å². The summed E-state index contributed by atoms with van der Waals surface area (Å²) in [7, 11) is 0. The zero-order chi connectivity index (χ0) is 38.4. The van der Waals surface area contributed by atoms with Crippen LogP contribution >= 0.6 is 0 Å². The fraction of sp³-hybridized carbons (Fsp3) is 0. The fourth-order valence-corrected chi connectivity index (χ4v) is 8.95. The van der Waals surface area contributed by atoms with Gasteiger partial charge in [0.15, 0.2) is 0 Å². The zero-order valence-corrected chi connectivity index (χ0v) is 31.8. The Balaban J connectivity index is 1.08. The quantitative estimate of drug-likeness (QED) is 0.148. The van der Waals surface area contributed by atoms with Gasteiger partial charge in [-0.3, -0.25) is 0 Å². The van der Waals surface area contributed by atoms with Gasteiger partial charge in [-0.05, 0) is 110 Å². The third-order valence-electron chi connectivity index (χ3n) is 11.6. The molecular formula is C56H38N2. The van der Waals surface area contributed by atoms with Crippen molar-refractivity contribution in [2.24, 2.45) is 0 Å². The maximum atomic E-state index is 2.43. The van der Waals surface area contributed by atoms with Crippen LogP contribution in [0, 0.1) is 0 Å². The number of hydrogen-bond acceptors (Lipinski definition) is 1. The first-order chi connectivity index (χ1) is 28.8. The van der Waals surface area contributed by atoms with Crippen molar-refractivity contribution in [1.29, 1.82) is 0 Å². The molecule has 0 aliphatic carbocycles. The fourth-order valence-electron chi connectivity index (χ4n) is 8.95. The average molecular weight is 739 g/mol. The molecule has 0 amide bonds. The van der Waals surface area contributed by atoms with Gasteiger partial charge < -0.3 is 9.47 Å². The molecule has 0 spiro atoms. The number of rotatable bonds is 7. The molecule has 1 aromatic heterocycles. The highest BCUT2D eigenvalue weighted by atomic mass is 15.1. The van der Waals surface area contributed by atoms with Crippen molar-refractivity contribution in [1.82, 2.24) is 4.57 Å². The Labute approximate surface area is 338 Å². The molecule has 1 heterocycles. The van der Waals surface area contributed by atoms with Crippen LogP contribution in [0.15, 0.2) is 231 Å². The van der Waals surface area contributed by atoms with Gasteiger partial charge in [-0.1, -0.05) is 170 Å². The second-order valence-corrected chi connectivity index (χ2v) is 14.9. The van der Waals surface area contributed by atoms with E-state index in [9.17, 15) is 0 Å². The minimum atomic E-state index is 1.09. The van der Waals surface area contributed by atoms with Crippen LogP contribution in [-0.2, 0) is 0 Å². The molecule has 0 radical (unpaired) electrons. The standard InChI is InChI=1S/C56H38N2/c1-3-17-39(18-4-1)53-38-44(35-36-48(53)49-25-11-14-28-54(49)58-55-29-15-12-26-50(55)51-27-13-16-30-56(51)58)57(42-20-5-2-6-21-42)43-33-31-40(32-34-43)52-37-41-19-7-8-22-45(41)46-23-9-10-24-47(46)52/h1-38H. The molecule has 272 valence electrons. The highest BCUT2D eigenvalue weighted by Gasteiger charge is 2.20. The van der Waals surface area contributed by atoms with Gasteiger partial charge >= 0.3 is 0 Å². The van der Waals surface area contributed by atoms with Crippen molar-refractivity contribution in [3.63, 3.8) is 0 Å². The van der Waals surface area contributed by atoms with Crippen LogP contribution in [0.25, 0.3) is 82.4 Å². The van der Waals surface area contributed by atoms with Gasteiger partial charge in [0.1, 0.15) is 0 Å². The Bertz CT molecular complexity index is 3220. The van der Waals surface area contributed by atoms with E-state index in [4.69, 9.17) is 0 Å². The highest BCUT2D eigenvalue weighted by Crippen LogP contribution is 2.44. The monoisotopic (exact) mass is 738 g/mol. The van der Waals surface area contributed by atoms with Crippen molar-refractivity contribution < 1.29 is 0 Å². The van der Waals surface area contributed by atoms with Gasteiger partial charge in [-0.15, -0.1) is 0 Å². The van der Waals surface area contributed by atoms with Crippen LogP contribution in [-0.4, -0.2) is 4.57 Å². The highest BCUT2D eigenvalue weighted by molar-refractivity contribution is 6.14. The zero-order valence-electron chi connectivity index (χ0n) is 31.8. The lowest BCUT2D eigenvalue weighted by atomic mass is 9.92. The minimum absolute atomic E-state index is 1.09. The second kappa shape index (κ2) is 14.1. The first kappa shape index (κ1) is 33.6. The molecule has 11 rings (SSSR count). The Hall–Kier alpha value is -7.68. The first-order valence-corrected chi connectivity index (χ1v) is 19.9. The van der Waals surface area contributed by atoms with Gasteiger partial charge in [0.25, 0.3) is 0 Å². The van der Waals surface area contributed by atoms with Crippen LogP contribution in [0.1, 0.15) is 0 Å². The number of hydrogen-bond donors (Lipinski definition) is 0. The summed E-state index contributed by atoms with van der Waals surface area (Å²) in [6, 6.07) is 83.6. The summed E-state index contributed by atoms with van der Waals surface area (Å²) in [5.41, 5.74) is 14.0. The van der Waals surface area contributed by atoms with Crippen LogP contribution < -0.4 is 4.90 Å². The van der Waals surface area contributed by atoms with Crippen molar-refractivity contribution in [2.45, 2.75) is 0 Å². The van der Waals surface area contributed by atoms with Crippen molar-refractivity contribution in [3.05, 3.63) is 231 Å². The maximum Gasteiger partial charge on any atom is 0.0541 e. The van der Waals surface area contributed by atoms with Crippen molar-refractivity contribution in [2.75, 3.05) is 4.90 Å². The molecule has 0 unspecified atom stereocenters. The summed E-state index contributed by atoms with van der Waals surface area (Å²) in [6.45, 7) is 0. The third kappa shape index (κ3) is 5.66. The number of aromatic nitrogens is 1. The molecule has 0 saturated carbocycles. The Morgan fingerprint density at radius 1 is 0.276 bits per heavy atom. The summed E-state index contributed by atoms with van der Waals surface area (Å²) < 4.78 is 2.43. The number of fused-ring (bicyclic) bond motifs is 6. The van der Waals surface area contributed by atoms with E-state index in [1.54, 1.807) is 0 Å². The average Bonchev–Trinajstić information content (AvgIpc) is 3.64. The normalized spacial score (nSPS) is 11.4. The van der Waals surface area contributed by atoms with E-state index in [0.29, 0.717) is 0 Å². The Morgan fingerprint density at radius 2 is 0.793 bits per heavy atom. The summed E-state index contributed by atoms with van der Waals surface area (Å²) >= 11 is 0. The molecule has 0 saturated heterocycles. The van der Waals surface area contributed by atoms with E-state index in [1.807, 2.05) is 0 Å². The predicted octanol–water partition coefficient (Wildman–Crippen LogP) is 15.6.